The third kappa shape index (κ3) is 12.6. The van der Waals surface area contributed by atoms with Gasteiger partial charge in [0.1, 0.15) is 5.30 Å². The summed E-state index contributed by atoms with van der Waals surface area (Å²) in [7, 11) is -1.47. The van der Waals surface area contributed by atoms with Crippen LogP contribution in [0.2, 0.25) is 0 Å². The zero-order valence-corrected chi connectivity index (χ0v) is 35.0. The van der Waals surface area contributed by atoms with E-state index in [1.165, 1.54) is 86.1 Å². The Morgan fingerprint density at radius 2 is 0.792 bits per heavy atom. The van der Waals surface area contributed by atoms with Crippen molar-refractivity contribution in [2.75, 3.05) is 26.4 Å². The Hall–Kier alpha value is -2.76. The van der Waals surface area contributed by atoms with Gasteiger partial charge in [0.15, 0.2) is 0 Å². The van der Waals surface area contributed by atoms with Crippen molar-refractivity contribution >= 4 is 46.6 Å². The van der Waals surface area contributed by atoms with Crippen LogP contribution < -0.4 is 53.6 Å². The summed E-state index contributed by atoms with van der Waals surface area (Å²) >= 11 is 0. The van der Waals surface area contributed by atoms with Gasteiger partial charge >= 0.3 is 37.7 Å². The SMILES string of the molecule is C1CCOC1.C1CCOC1.Cc1cc(C)c([N-]c2ccc(C)cc2[PH+](c2ccccc2)c2cc(C)ccc2[N-]c2c(C)cc(C)cc2C)c(C)c1.[Li+].[Li+]. The van der Waals surface area contributed by atoms with E-state index >= 15 is 0 Å². The van der Waals surface area contributed by atoms with Crippen molar-refractivity contribution in [3.63, 3.8) is 0 Å². The molecule has 7 rings (SSSR count). The molecule has 0 amide bonds. The van der Waals surface area contributed by atoms with Gasteiger partial charge in [0.25, 0.3) is 0 Å². The second-order valence-electron chi connectivity index (χ2n) is 14.1. The molecule has 2 fully saturated rings. The van der Waals surface area contributed by atoms with Crippen molar-refractivity contribution in [2.24, 2.45) is 0 Å². The Bertz CT molecular complexity index is 1730. The van der Waals surface area contributed by atoms with Gasteiger partial charge in [0.2, 0.25) is 0 Å². The average molecular weight is 714 g/mol. The summed E-state index contributed by atoms with van der Waals surface area (Å²) < 4.78 is 9.89. The largest absolute Gasteiger partial charge is 1.00 e. The molecule has 0 aromatic heterocycles. The fourth-order valence-corrected chi connectivity index (χ4v) is 9.89. The van der Waals surface area contributed by atoms with Gasteiger partial charge in [-0.05, 0) is 116 Å². The van der Waals surface area contributed by atoms with E-state index in [4.69, 9.17) is 20.1 Å². The van der Waals surface area contributed by atoms with Crippen molar-refractivity contribution in [3.8, 4) is 0 Å². The maximum absolute atomic E-state index is 5.36. The van der Waals surface area contributed by atoms with E-state index in [0.717, 1.165) is 49.2 Å². The van der Waals surface area contributed by atoms with E-state index in [1.807, 2.05) is 0 Å². The minimum Gasteiger partial charge on any atom is -0.654 e. The van der Waals surface area contributed by atoms with E-state index in [9.17, 15) is 0 Å². The van der Waals surface area contributed by atoms with Gasteiger partial charge in [-0.3, -0.25) is 0 Å². The first-order chi connectivity index (χ1) is 24.6. The van der Waals surface area contributed by atoms with Gasteiger partial charge in [-0.25, -0.2) is 0 Å². The molecule has 53 heavy (non-hydrogen) atoms. The summed E-state index contributed by atoms with van der Waals surface area (Å²) in [5.41, 5.74) is 14.1. The average Bonchev–Trinajstić information content (AvgIpc) is 3.87. The topological polar surface area (TPSA) is 46.7 Å². The van der Waals surface area contributed by atoms with Gasteiger partial charge in [-0.1, -0.05) is 111 Å². The van der Waals surface area contributed by atoms with Crippen LogP contribution in [0.5, 0.6) is 0 Å². The quantitative estimate of drug-likeness (QED) is 0.156. The molecular formula is C46H56Li2N2O2P+. The number of ether oxygens (including phenoxy) is 2. The fraction of sp³-hybridized carbons (Fsp3) is 0.348. The smallest absolute Gasteiger partial charge is 0.654 e. The molecule has 268 valence electrons. The molecule has 0 unspecified atom stereocenters. The first-order valence-corrected chi connectivity index (χ1v) is 20.0. The van der Waals surface area contributed by atoms with Crippen LogP contribution in [0.1, 0.15) is 70.2 Å². The monoisotopic (exact) mass is 713 g/mol. The van der Waals surface area contributed by atoms with Crippen LogP contribution in [-0.2, 0) is 9.47 Å². The van der Waals surface area contributed by atoms with Crippen molar-refractivity contribution < 1.29 is 47.2 Å². The van der Waals surface area contributed by atoms with Crippen LogP contribution in [0.4, 0.5) is 22.7 Å². The standard InChI is InChI=1S/C38H39N2P.2C4H8O.2Li/c1-24-14-16-33(39-37-28(5)18-26(3)19-29(37)6)35(22-24)41(32-12-10-9-11-13-32)36-23-25(2)15-17-34(36)40-38-30(7)20-27(4)21-31(38)8;2*1-2-4-5-3-1;;/h9-23H,1-8H3;2*1-4H2;;/q-2;;;2*+1/p+1. The molecule has 2 aliphatic rings. The summed E-state index contributed by atoms with van der Waals surface area (Å²) in [4.78, 5) is 0. The fourth-order valence-electron chi connectivity index (χ4n) is 6.92. The first-order valence-electron chi connectivity index (χ1n) is 18.5. The summed E-state index contributed by atoms with van der Waals surface area (Å²) in [6, 6.07) is 33.4. The third-order valence-corrected chi connectivity index (χ3v) is 12.1. The zero-order chi connectivity index (χ0) is 36.3. The second-order valence-corrected chi connectivity index (χ2v) is 16.5. The molecular weight excluding hydrogens is 657 g/mol. The number of benzene rings is 5. The molecule has 2 saturated heterocycles. The summed E-state index contributed by atoms with van der Waals surface area (Å²) in [5.74, 6) is 0. The first kappa shape index (κ1) is 44.6. The van der Waals surface area contributed by atoms with E-state index in [-0.39, 0.29) is 37.7 Å². The van der Waals surface area contributed by atoms with Crippen LogP contribution in [0, 0.1) is 55.4 Å². The van der Waals surface area contributed by atoms with Crippen LogP contribution in [0.25, 0.3) is 10.6 Å². The normalized spacial score (nSPS) is 13.2. The van der Waals surface area contributed by atoms with E-state index in [1.54, 1.807) is 0 Å². The molecule has 0 atom stereocenters. The maximum Gasteiger partial charge on any atom is 1.00 e. The summed E-state index contributed by atoms with van der Waals surface area (Å²) in [6.07, 6.45) is 5.11. The van der Waals surface area contributed by atoms with Gasteiger partial charge in [0.05, 0.1) is 18.5 Å². The second kappa shape index (κ2) is 22.0. The number of aryl methyl sites for hydroxylation is 8. The summed E-state index contributed by atoms with van der Waals surface area (Å²) in [6.45, 7) is 21.3. The van der Waals surface area contributed by atoms with Crippen LogP contribution in [-0.4, -0.2) is 26.4 Å². The Morgan fingerprint density at radius 1 is 0.434 bits per heavy atom. The number of hydrogen-bond donors (Lipinski definition) is 0. The van der Waals surface area contributed by atoms with Crippen LogP contribution >= 0.6 is 7.92 Å². The number of rotatable bonds is 7. The van der Waals surface area contributed by atoms with Crippen LogP contribution in [0.3, 0.4) is 0 Å². The minimum atomic E-state index is -1.47. The molecule has 5 aromatic carbocycles. The predicted octanol–water partition coefficient (Wildman–Crippen LogP) is 5.92. The van der Waals surface area contributed by atoms with Gasteiger partial charge in [0, 0.05) is 26.4 Å². The van der Waals surface area contributed by atoms with Crippen molar-refractivity contribution in [1.82, 2.24) is 0 Å². The number of nitrogens with zero attached hydrogens (tertiary/aromatic N) is 2. The van der Waals surface area contributed by atoms with Crippen molar-refractivity contribution in [3.05, 3.63) is 146 Å². The molecule has 2 heterocycles. The maximum atomic E-state index is 5.36. The molecule has 0 radical (unpaired) electrons. The zero-order valence-electron chi connectivity index (χ0n) is 34.0. The predicted molar refractivity (Wildman–Crippen MR) is 223 cm³/mol. The van der Waals surface area contributed by atoms with Gasteiger partial charge < -0.3 is 20.1 Å². The number of hydrogen-bond acceptors (Lipinski definition) is 2. The van der Waals surface area contributed by atoms with Crippen molar-refractivity contribution in [1.29, 1.82) is 0 Å². The Morgan fingerprint density at radius 3 is 1.11 bits per heavy atom. The molecule has 0 saturated carbocycles. The Kier molecular flexibility index (Phi) is 18.5. The molecule has 7 heteroatoms. The molecule has 4 nitrogen and oxygen atoms in total. The molecule has 0 spiro atoms. The third-order valence-electron chi connectivity index (χ3n) is 9.30. The van der Waals surface area contributed by atoms with E-state index in [2.05, 4.69) is 146 Å². The molecule has 5 aromatic rings. The molecule has 0 N–H and O–H groups in total. The molecule has 2 aliphatic heterocycles. The van der Waals surface area contributed by atoms with Crippen molar-refractivity contribution in [2.45, 2.75) is 81.1 Å². The Balaban J connectivity index is 0.000000544. The van der Waals surface area contributed by atoms with Crippen LogP contribution in [0.15, 0.2) is 91.0 Å². The molecule has 0 bridgehead atoms. The van der Waals surface area contributed by atoms with E-state index in [0.29, 0.717) is 0 Å². The van der Waals surface area contributed by atoms with Gasteiger partial charge in [-0.15, -0.1) is 11.4 Å². The van der Waals surface area contributed by atoms with E-state index < -0.39 is 7.92 Å². The minimum absolute atomic E-state index is 0. The Labute approximate surface area is 345 Å². The molecule has 0 aliphatic carbocycles. The van der Waals surface area contributed by atoms with Gasteiger partial charge in [-0.2, -0.15) is 0 Å². The summed E-state index contributed by atoms with van der Waals surface area (Å²) in [5, 5.41) is 14.6.